The molecule has 0 saturated carbocycles. The lowest BCUT2D eigenvalue weighted by Gasteiger charge is -2.38. The van der Waals surface area contributed by atoms with Crippen molar-refractivity contribution in [1.82, 2.24) is 35.0 Å². The number of hydrogen-bond acceptors (Lipinski definition) is 5. The molecule has 0 bridgehead atoms. The zero-order valence-corrected chi connectivity index (χ0v) is 56.5. The molecule has 7 heteroatoms. The van der Waals surface area contributed by atoms with Gasteiger partial charge in [-0.1, -0.05) is 305 Å². The van der Waals surface area contributed by atoms with Crippen LogP contribution in [0.1, 0.15) is 203 Å². The SMILES string of the molecule is CC(C)(C)c1ccc(C(c2ccc(-n3cc(-c4cncc(-c5cn(-c6ccc(C(c7ccc(C(C)(C)C)cc7)(c7ccc(C(C)(C)C)cc7)c7ccc(C(C)(C)C)cc7)cc6)nn5)c4)nn3)cc2)(c2ccc(C(C)(C)C)cc2)c2ccc(C(C)(C)C)cc2)cc1. The highest BCUT2D eigenvalue weighted by Crippen LogP contribution is 2.49. The van der Waals surface area contributed by atoms with Crippen LogP contribution in [0, 0.1) is 0 Å². The van der Waals surface area contributed by atoms with Gasteiger partial charge in [-0.15, -0.1) is 10.2 Å². The molecule has 11 aromatic rings. The maximum Gasteiger partial charge on any atom is 0.115 e. The normalized spacial score (nSPS) is 13.0. The third kappa shape index (κ3) is 12.2. The minimum absolute atomic E-state index is 0.00655. The Balaban J connectivity index is 0.923. The lowest BCUT2D eigenvalue weighted by atomic mass is 9.64. The number of nitrogens with zero attached hydrogens (tertiary/aromatic N) is 7. The summed E-state index contributed by atoms with van der Waals surface area (Å²) in [5.41, 5.74) is 20.9. The molecule has 0 spiro atoms. The maximum absolute atomic E-state index is 4.72. The third-order valence-corrected chi connectivity index (χ3v) is 18.5. The summed E-state index contributed by atoms with van der Waals surface area (Å²) in [6.45, 7) is 41.0. The molecule has 0 atom stereocenters. The van der Waals surface area contributed by atoms with Crippen LogP contribution < -0.4 is 0 Å². The zero-order valence-electron chi connectivity index (χ0n) is 56.5. The smallest absolute Gasteiger partial charge is 0.115 e. The minimum Gasteiger partial charge on any atom is -0.263 e. The largest absolute Gasteiger partial charge is 0.263 e. The molecule has 0 fully saturated rings. The second-order valence-electron chi connectivity index (χ2n) is 31.1. The first-order valence-corrected chi connectivity index (χ1v) is 32.0. The second-order valence-corrected chi connectivity index (χ2v) is 31.1. The van der Waals surface area contributed by atoms with Crippen LogP contribution in [0.2, 0.25) is 0 Å². The number of hydrogen-bond donors (Lipinski definition) is 0. The Hall–Kier alpha value is -8.81. The lowest BCUT2D eigenvalue weighted by molar-refractivity contribution is 0.586. The summed E-state index contributed by atoms with van der Waals surface area (Å²) in [6, 6.07) is 75.6. The summed E-state index contributed by atoms with van der Waals surface area (Å²) in [4.78, 5) is 4.71. The molecule has 11 rings (SSSR count). The van der Waals surface area contributed by atoms with Crippen LogP contribution in [0.4, 0.5) is 0 Å². The van der Waals surface area contributed by atoms with Crippen LogP contribution in [-0.4, -0.2) is 35.0 Å². The van der Waals surface area contributed by atoms with E-state index in [0.717, 1.165) is 33.6 Å². The highest BCUT2D eigenvalue weighted by Gasteiger charge is 2.41. The van der Waals surface area contributed by atoms with Gasteiger partial charge < -0.3 is 0 Å². The van der Waals surface area contributed by atoms with E-state index in [0.29, 0.717) is 11.4 Å². The van der Waals surface area contributed by atoms with Gasteiger partial charge in [0.2, 0.25) is 0 Å². The van der Waals surface area contributed by atoms with Crippen LogP contribution in [0.3, 0.4) is 0 Å². The van der Waals surface area contributed by atoms with Gasteiger partial charge in [0.1, 0.15) is 11.4 Å². The van der Waals surface area contributed by atoms with E-state index in [1.165, 1.54) is 66.8 Å². The number of pyridine rings is 1. The van der Waals surface area contributed by atoms with E-state index in [4.69, 9.17) is 25.6 Å². The van der Waals surface area contributed by atoms with Crippen LogP contribution in [0.15, 0.2) is 225 Å². The van der Waals surface area contributed by atoms with Crippen molar-refractivity contribution in [2.75, 3.05) is 0 Å². The average molecular weight is 1190 g/mol. The van der Waals surface area contributed by atoms with Gasteiger partial charge in [-0.2, -0.15) is 0 Å². The molecule has 8 aromatic carbocycles. The van der Waals surface area contributed by atoms with Gasteiger partial charge in [-0.25, -0.2) is 9.36 Å². The van der Waals surface area contributed by atoms with Crippen molar-refractivity contribution in [3.8, 4) is 33.9 Å². The standard InChI is InChI=1S/C83H91N7/c1-76(2,3)58-19-31-64(32-20-58)82(65-33-21-59(22-34-65)77(4,5)6,66-35-23-60(24-36-66)78(7,8)9)70-43-47-72(48-44-70)89-54-74(85-87-89)56-51-57(53-84-52-56)75-55-90(88-86-75)73-49-45-71(46-50-73)83(67-37-25-61(26-38-67)79(10,11)12,68-39-27-62(28-40-68)80(13,14)15)69-41-29-63(30-42-69)81(16,17)18/h19-55H,1-18H3. The Kier molecular flexibility index (Phi) is 16.2. The molecular weight excluding hydrogens is 1090 g/mol. The van der Waals surface area contributed by atoms with E-state index in [1.54, 1.807) is 0 Å². The summed E-state index contributed by atoms with van der Waals surface area (Å²) in [6.07, 6.45) is 7.60. The average Bonchev–Trinajstić information content (AvgIpc) is 0.800. The van der Waals surface area contributed by atoms with Crippen molar-refractivity contribution in [3.63, 3.8) is 0 Å². The van der Waals surface area contributed by atoms with Gasteiger partial charge >= 0.3 is 0 Å². The predicted octanol–water partition coefficient (Wildman–Crippen LogP) is 20.1. The molecule has 458 valence electrons. The summed E-state index contributed by atoms with van der Waals surface area (Å²) in [5.74, 6) is 0. The van der Waals surface area contributed by atoms with Crippen molar-refractivity contribution in [2.24, 2.45) is 0 Å². The Morgan fingerprint density at radius 1 is 0.233 bits per heavy atom. The summed E-state index contributed by atoms with van der Waals surface area (Å²) < 4.78 is 3.69. The maximum atomic E-state index is 4.72. The van der Waals surface area contributed by atoms with Gasteiger partial charge in [-0.3, -0.25) is 4.98 Å². The summed E-state index contributed by atoms with van der Waals surface area (Å²) >= 11 is 0. The minimum atomic E-state index is -0.642. The van der Waals surface area contributed by atoms with Crippen molar-refractivity contribution >= 4 is 0 Å². The predicted molar refractivity (Wildman–Crippen MR) is 374 cm³/mol. The fraction of sp³-hybridized carbons (Fsp3) is 0.313. The van der Waals surface area contributed by atoms with Crippen LogP contribution in [0.25, 0.3) is 33.9 Å². The Labute approximate surface area is 536 Å². The fourth-order valence-corrected chi connectivity index (χ4v) is 12.8. The van der Waals surface area contributed by atoms with Crippen molar-refractivity contribution in [2.45, 2.75) is 168 Å². The van der Waals surface area contributed by atoms with Crippen LogP contribution >= 0.6 is 0 Å². The molecule has 0 amide bonds. The molecule has 0 aliphatic rings. The Morgan fingerprint density at radius 2 is 0.411 bits per heavy atom. The molecule has 0 saturated heterocycles. The summed E-state index contributed by atoms with van der Waals surface area (Å²) in [7, 11) is 0. The molecule has 90 heavy (non-hydrogen) atoms. The number of rotatable bonds is 12. The Bertz CT molecular complexity index is 3700. The number of benzene rings is 8. The molecule has 0 radical (unpaired) electrons. The van der Waals surface area contributed by atoms with E-state index < -0.39 is 10.8 Å². The van der Waals surface area contributed by atoms with E-state index in [-0.39, 0.29) is 32.5 Å². The van der Waals surface area contributed by atoms with Crippen LogP contribution in [0.5, 0.6) is 0 Å². The van der Waals surface area contributed by atoms with E-state index in [1.807, 2.05) is 34.2 Å². The zero-order chi connectivity index (χ0) is 64.4. The molecule has 0 aliphatic heterocycles. The first-order chi connectivity index (χ1) is 42.3. The van der Waals surface area contributed by atoms with Gasteiger partial charge in [0.15, 0.2) is 0 Å². The molecule has 3 aromatic heterocycles. The first kappa shape index (κ1) is 62.8. The van der Waals surface area contributed by atoms with Gasteiger partial charge in [0, 0.05) is 23.5 Å². The quantitative estimate of drug-likeness (QED) is 0.114. The van der Waals surface area contributed by atoms with Gasteiger partial charge in [0.05, 0.1) is 34.6 Å². The molecule has 3 heterocycles. The lowest BCUT2D eigenvalue weighted by Crippen LogP contribution is -2.31. The fourth-order valence-electron chi connectivity index (χ4n) is 12.8. The first-order valence-electron chi connectivity index (χ1n) is 32.0. The van der Waals surface area contributed by atoms with E-state index in [2.05, 4.69) is 325 Å². The van der Waals surface area contributed by atoms with Gasteiger partial charge in [-0.05, 0) is 141 Å². The van der Waals surface area contributed by atoms with Crippen molar-refractivity contribution in [1.29, 1.82) is 0 Å². The van der Waals surface area contributed by atoms with E-state index >= 15 is 0 Å². The molecule has 0 N–H and O–H groups in total. The third-order valence-electron chi connectivity index (χ3n) is 18.5. The van der Waals surface area contributed by atoms with Crippen molar-refractivity contribution in [3.05, 3.63) is 303 Å². The molecule has 0 unspecified atom stereocenters. The summed E-state index contributed by atoms with van der Waals surface area (Å²) in [5, 5.41) is 18.8. The van der Waals surface area contributed by atoms with Crippen molar-refractivity contribution < 1.29 is 0 Å². The van der Waals surface area contributed by atoms with Crippen LogP contribution in [-0.2, 0) is 43.3 Å². The Morgan fingerprint density at radius 3 is 0.600 bits per heavy atom. The van der Waals surface area contributed by atoms with Gasteiger partial charge in [0.25, 0.3) is 0 Å². The number of aromatic nitrogens is 7. The van der Waals surface area contributed by atoms with E-state index in [9.17, 15) is 0 Å². The second kappa shape index (κ2) is 23.2. The molecule has 7 nitrogen and oxygen atoms in total. The highest BCUT2D eigenvalue weighted by atomic mass is 15.4. The molecular formula is C83H91N7. The molecule has 0 aliphatic carbocycles. The topological polar surface area (TPSA) is 74.3 Å². The highest BCUT2D eigenvalue weighted by molar-refractivity contribution is 5.68. The monoisotopic (exact) mass is 1190 g/mol.